The topological polar surface area (TPSA) is 58.6 Å². The Morgan fingerprint density at radius 3 is 2.57 bits per heavy atom. The molecule has 1 aromatic carbocycles. The van der Waals surface area contributed by atoms with Gasteiger partial charge in [-0.2, -0.15) is 0 Å². The van der Waals surface area contributed by atoms with Crippen LogP contribution in [0.4, 0.5) is 4.79 Å². The van der Waals surface area contributed by atoms with E-state index in [0.717, 1.165) is 31.4 Å². The molecular weight excluding hydrogens is 292 g/mol. The summed E-state index contributed by atoms with van der Waals surface area (Å²) in [5, 5.41) is 2.84. The van der Waals surface area contributed by atoms with Gasteiger partial charge in [0.15, 0.2) is 0 Å². The summed E-state index contributed by atoms with van der Waals surface area (Å²) in [5.41, 5.74) is -0.766. The SMILES string of the molecule is CCCCCCC1(C)NC(=O)N(CCOc2ccccc2)C1=O. The Labute approximate surface area is 138 Å². The number of unbranched alkanes of at least 4 members (excludes halogenated alkanes) is 3. The maximum absolute atomic E-state index is 12.5. The van der Waals surface area contributed by atoms with Crippen molar-refractivity contribution in [3.05, 3.63) is 30.3 Å². The molecule has 0 bridgehead atoms. The highest BCUT2D eigenvalue weighted by molar-refractivity contribution is 6.06. The summed E-state index contributed by atoms with van der Waals surface area (Å²) in [4.78, 5) is 25.9. The van der Waals surface area contributed by atoms with E-state index in [0.29, 0.717) is 13.0 Å². The molecule has 1 saturated heterocycles. The normalized spacial score (nSPS) is 20.7. The third kappa shape index (κ3) is 4.47. The van der Waals surface area contributed by atoms with Crippen molar-refractivity contribution in [3.8, 4) is 5.75 Å². The molecule has 0 aliphatic carbocycles. The van der Waals surface area contributed by atoms with Crippen LogP contribution in [-0.4, -0.2) is 35.5 Å². The fraction of sp³-hybridized carbons (Fsp3) is 0.556. The van der Waals surface area contributed by atoms with E-state index in [4.69, 9.17) is 4.74 Å². The predicted molar refractivity (Wildman–Crippen MR) is 89.3 cm³/mol. The first-order valence-electron chi connectivity index (χ1n) is 8.39. The highest BCUT2D eigenvalue weighted by Crippen LogP contribution is 2.24. The van der Waals surface area contributed by atoms with Gasteiger partial charge >= 0.3 is 6.03 Å². The molecule has 1 aliphatic rings. The molecule has 0 radical (unpaired) electrons. The Hall–Kier alpha value is -2.04. The molecule has 3 amide bonds. The van der Waals surface area contributed by atoms with Gasteiger partial charge in [-0.25, -0.2) is 4.79 Å². The third-order valence-electron chi connectivity index (χ3n) is 4.20. The molecule has 0 saturated carbocycles. The maximum Gasteiger partial charge on any atom is 0.325 e. The van der Waals surface area contributed by atoms with E-state index in [1.165, 1.54) is 4.90 Å². The molecule has 1 aromatic rings. The summed E-state index contributed by atoms with van der Waals surface area (Å²) in [6.07, 6.45) is 5.04. The quantitative estimate of drug-likeness (QED) is 0.561. The lowest BCUT2D eigenvalue weighted by Crippen LogP contribution is -2.44. The van der Waals surface area contributed by atoms with Gasteiger partial charge < -0.3 is 10.1 Å². The minimum atomic E-state index is -0.766. The Morgan fingerprint density at radius 2 is 1.87 bits per heavy atom. The number of nitrogens with zero attached hydrogens (tertiary/aromatic N) is 1. The van der Waals surface area contributed by atoms with Crippen molar-refractivity contribution in [2.45, 2.75) is 51.5 Å². The summed E-state index contributed by atoms with van der Waals surface area (Å²) >= 11 is 0. The van der Waals surface area contributed by atoms with E-state index in [1.807, 2.05) is 37.3 Å². The van der Waals surface area contributed by atoms with E-state index in [1.54, 1.807) is 0 Å². The molecule has 2 rings (SSSR count). The minimum absolute atomic E-state index is 0.143. The van der Waals surface area contributed by atoms with Gasteiger partial charge in [0.1, 0.15) is 17.9 Å². The van der Waals surface area contributed by atoms with E-state index in [-0.39, 0.29) is 18.5 Å². The molecule has 1 N–H and O–H groups in total. The van der Waals surface area contributed by atoms with Gasteiger partial charge in [-0.1, -0.05) is 50.8 Å². The Kier molecular flexibility index (Phi) is 6.02. The van der Waals surface area contributed by atoms with Crippen molar-refractivity contribution in [3.63, 3.8) is 0 Å². The fourth-order valence-electron chi connectivity index (χ4n) is 2.80. The molecular formula is C18H26N2O3. The van der Waals surface area contributed by atoms with E-state index in [9.17, 15) is 9.59 Å². The zero-order valence-electron chi connectivity index (χ0n) is 14.0. The standard InChI is InChI=1S/C18H26N2O3/c1-3-4-5-9-12-18(2)16(21)20(17(22)19-18)13-14-23-15-10-7-6-8-11-15/h6-8,10-11H,3-5,9,12-14H2,1-2H3,(H,19,22). The lowest BCUT2D eigenvalue weighted by molar-refractivity contribution is -0.131. The number of amides is 3. The van der Waals surface area contributed by atoms with Crippen molar-refractivity contribution in [1.29, 1.82) is 0 Å². The summed E-state index contributed by atoms with van der Waals surface area (Å²) in [6.45, 7) is 4.54. The van der Waals surface area contributed by atoms with Crippen LogP contribution in [0.2, 0.25) is 0 Å². The van der Waals surface area contributed by atoms with Crippen LogP contribution in [0.15, 0.2) is 30.3 Å². The number of imide groups is 1. The van der Waals surface area contributed by atoms with Crippen molar-refractivity contribution in [1.82, 2.24) is 10.2 Å². The van der Waals surface area contributed by atoms with Gasteiger partial charge in [0, 0.05) is 0 Å². The van der Waals surface area contributed by atoms with E-state index >= 15 is 0 Å². The summed E-state index contributed by atoms with van der Waals surface area (Å²) < 4.78 is 5.57. The maximum atomic E-state index is 12.5. The first-order chi connectivity index (χ1) is 11.1. The molecule has 0 aromatic heterocycles. The van der Waals surface area contributed by atoms with Crippen molar-refractivity contribution >= 4 is 11.9 Å². The van der Waals surface area contributed by atoms with Crippen LogP contribution in [0.25, 0.3) is 0 Å². The minimum Gasteiger partial charge on any atom is -0.492 e. The average molecular weight is 318 g/mol. The van der Waals surface area contributed by atoms with Gasteiger partial charge in [-0.15, -0.1) is 0 Å². The number of hydrogen-bond donors (Lipinski definition) is 1. The Morgan fingerprint density at radius 1 is 1.13 bits per heavy atom. The average Bonchev–Trinajstić information content (AvgIpc) is 2.76. The lowest BCUT2D eigenvalue weighted by Gasteiger charge is -2.21. The number of ether oxygens (including phenoxy) is 1. The first kappa shape index (κ1) is 17.3. The van der Waals surface area contributed by atoms with Crippen molar-refractivity contribution in [2.75, 3.05) is 13.2 Å². The molecule has 0 spiro atoms. The second kappa shape index (κ2) is 7.99. The molecule has 5 nitrogen and oxygen atoms in total. The lowest BCUT2D eigenvalue weighted by atomic mass is 9.94. The smallest absolute Gasteiger partial charge is 0.325 e. The number of urea groups is 1. The Bertz CT molecular complexity index is 532. The molecule has 23 heavy (non-hydrogen) atoms. The van der Waals surface area contributed by atoms with Gasteiger partial charge in [0.2, 0.25) is 0 Å². The number of rotatable bonds is 9. The largest absolute Gasteiger partial charge is 0.492 e. The van der Waals surface area contributed by atoms with Gasteiger partial charge in [-0.05, 0) is 25.5 Å². The zero-order chi connectivity index (χ0) is 16.7. The van der Waals surface area contributed by atoms with Crippen LogP contribution in [0.3, 0.4) is 0 Å². The number of nitrogens with one attached hydrogen (secondary N) is 1. The fourth-order valence-corrected chi connectivity index (χ4v) is 2.80. The number of carbonyl (C=O) groups excluding carboxylic acids is 2. The second-order valence-corrected chi connectivity index (χ2v) is 6.19. The molecule has 1 atom stereocenters. The number of benzene rings is 1. The van der Waals surface area contributed by atoms with Gasteiger partial charge in [0.25, 0.3) is 5.91 Å². The molecule has 1 unspecified atom stereocenters. The van der Waals surface area contributed by atoms with Crippen LogP contribution in [0.1, 0.15) is 46.0 Å². The molecule has 1 fully saturated rings. The van der Waals surface area contributed by atoms with Crippen LogP contribution >= 0.6 is 0 Å². The van der Waals surface area contributed by atoms with Crippen LogP contribution in [0.5, 0.6) is 5.75 Å². The van der Waals surface area contributed by atoms with E-state index < -0.39 is 5.54 Å². The summed E-state index contributed by atoms with van der Waals surface area (Å²) in [7, 11) is 0. The summed E-state index contributed by atoms with van der Waals surface area (Å²) in [6, 6.07) is 9.07. The second-order valence-electron chi connectivity index (χ2n) is 6.19. The van der Waals surface area contributed by atoms with Gasteiger partial charge in [-0.3, -0.25) is 9.69 Å². The summed E-state index contributed by atoms with van der Waals surface area (Å²) in [5.74, 6) is 0.595. The van der Waals surface area contributed by atoms with Gasteiger partial charge in [0.05, 0.1) is 6.54 Å². The number of para-hydroxylation sites is 1. The van der Waals surface area contributed by atoms with Crippen LogP contribution in [-0.2, 0) is 4.79 Å². The number of carbonyl (C=O) groups is 2. The van der Waals surface area contributed by atoms with Crippen molar-refractivity contribution in [2.24, 2.45) is 0 Å². The first-order valence-corrected chi connectivity index (χ1v) is 8.39. The molecule has 1 heterocycles. The van der Waals surface area contributed by atoms with E-state index in [2.05, 4.69) is 12.2 Å². The Balaban J connectivity index is 1.83. The third-order valence-corrected chi connectivity index (χ3v) is 4.20. The van der Waals surface area contributed by atoms with Crippen molar-refractivity contribution < 1.29 is 14.3 Å². The monoisotopic (exact) mass is 318 g/mol. The number of hydrogen-bond acceptors (Lipinski definition) is 3. The van der Waals surface area contributed by atoms with Crippen LogP contribution in [0, 0.1) is 0 Å². The highest BCUT2D eigenvalue weighted by atomic mass is 16.5. The van der Waals surface area contributed by atoms with Crippen LogP contribution < -0.4 is 10.1 Å². The molecule has 5 heteroatoms. The predicted octanol–water partition coefficient (Wildman–Crippen LogP) is 3.35. The highest BCUT2D eigenvalue weighted by Gasteiger charge is 2.46. The molecule has 1 aliphatic heterocycles. The molecule has 126 valence electrons. The zero-order valence-corrected chi connectivity index (χ0v) is 14.0.